The van der Waals surface area contributed by atoms with Gasteiger partial charge >= 0.3 is 0 Å². The zero-order valence-electron chi connectivity index (χ0n) is 7.36. The smallest absolute Gasteiger partial charge is 0.0845 e. The second-order valence-electron chi connectivity index (χ2n) is 2.84. The Hall–Kier alpha value is -0.870. The van der Waals surface area contributed by atoms with E-state index in [2.05, 4.69) is 5.10 Å². The SMILES string of the molecule is Cc1c(C(O)CCO)cnn1C. The molecule has 0 saturated heterocycles. The number of hydrogen-bond donors (Lipinski definition) is 2. The summed E-state index contributed by atoms with van der Waals surface area (Å²) >= 11 is 0. The number of nitrogens with zero attached hydrogens (tertiary/aromatic N) is 2. The molecule has 0 radical (unpaired) electrons. The Morgan fingerprint density at radius 2 is 2.33 bits per heavy atom. The molecule has 4 nitrogen and oxygen atoms in total. The maximum atomic E-state index is 9.50. The lowest BCUT2D eigenvalue weighted by Crippen LogP contribution is -2.02. The van der Waals surface area contributed by atoms with Crippen molar-refractivity contribution in [2.75, 3.05) is 6.61 Å². The lowest BCUT2D eigenvalue weighted by atomic mass is 10.1. The number of aromatic nitrogens is 2. The Kier molecular flexibility index (Phi) is 2.83. The molecule has 0 aliphatic carbocycles. The Labute approximate surface area is 71.5 Å². The van der Waals surface area contributed by atoms with Crippen LogP contribution in [0.5, 0.6) is 0 Å². The summed E-state index contributed by atoms with van der Waals surface area (Å²) in [4.78, 5) is 0. The van der Waals surface area contributed by atoms with Crippen LogP contribution in [0.25, 0.3) is 0 Å². The Balaban J connectivity index is 2.80. The second-order valence-corrected chi connectivity index (χ2v) is 2.84. The summed E-state index contributed by atoms with van der Waals surface area (Å²) in [7, 11) is 1.82. The Bertz CT molecular complexity index is 258. The van der Waals surface area contributed by atoms with E-state index in [0.29, 0.717) is 6.42 Å². The molecule has 0 aromatic carbocycles. The molecule has 1 aromatic rings. The summed E-state index contributed by atoms with van der Waals surface area (Å²) < 4.78 is 1.70. The fourth-order valence-corrected chi connectivity index (χ4v) is 1.12. The Morgan fingerprint density at radius 3 is 2.75 bits per heavy atom. The van der Waals surface area contributed by atoms with Crippen molar-refractivity contribution in [3.63, 3.8) is 0 Å². The molecular formula is C8H14N2O2. The van der Waals surface area contributed by atoms with E-state index in [9.17, 15) is 5.11 Å². The van der Waals surface area contributed by atoms with E-state index >= 15 is 0 Å². The molecule has 0 spiro atoms. The van der Waals surface area contributed by atoms with E-state index in [1.54, 1.807) is 10.9 Å². The van der Waals surface area contributed by atoms with Crippen molar-refractivity contribution in [3.8, 4) is 0 Å². The maximum Gasteiger partial charge on any atom is 0.0845 e. The lowest BCUT2D eigenvalue weighted by molar-refractivity contribution is 0.133. The molecule has 0 fully saturated rings. The molecule has 1 heterocycles. The first-order valence-electron chi connectivity index (χ1n) is 3.94. The van der Waals surface area contributed by atoms with Crippen LogP contribution in [0.2, 0.25) is 0 Å². The molecule has 1 atom stereocenters. The summed E-state index contributed by atoms with van der Waals surface area (Å²) in [5.74, 6) is 0. The molecule has 1 rings (SSSR count). The highest BCUT2D eigenvalue weighted by Crippen LogP contribution is 2.18. The largest absolute Gasteiger partial charge is 0.396 e. The zero-order valence-corrected chi connectivity index (χ0v) is 7.36. The number of hydrogen-bond acceptors (Lipinski definition) is 3. The highest BCUT2D eigenvalue weighted by molar-refractivity contribution is 5.18. The van der Waals surface area contributed by atoms with Gasteiger partial charge in [-0.2, -0.15) is 5.10 Å². The van der Waals surface area contributed by atoms with Gasteiger partial charge in [0.05, 0.1) is 12.3 Å². The van der Waals surface area contributed by atoms with Gasteiger partial charge in [-0.1, -0.05) is 0 Å². The fourth-order valence-electron chi connectivity index (χ4n) is 1.12. The second kappa shape index (κ2) is 3.69. The van der Waals surface area contributed by atoms with Gasteiger partial charge in [0.15, 0.2) is 0 Å². The molecule has 0 bridgehead atoms. The van der Waals surface area contributed by atoms with Gasteiger partial charge < -0.3 is 10.2 Å². The summed E-state index contributed by atoms with van der Waals surface area (Å²) in [6.45, 7) is 1.89. The van der Waals surface area contributed by atoms with E-state index < -0.39 is 6.10 Å². The molecule has 0 aliphatic heterocycles. The van der Waals surface area contributed by atoms with Crippen LogP contribution in [0.4, 0.5) is 0 Å². The summed E-state index contributed by atoms with van der Waals surface area (Å²) in [5, 5.41) is 22.1. The predicted molar refractivity (Wildman–Crippen MR) is 44.6 cm³/mol. The van der Waals surface area contributed by atoms with Crippen LogP contribution in [-0.2, 0) is 7.05 Å². The maximum absolute atomic E-state index is 9.50. The molecule has 2 N–H and O–H groups in total. The zero-order chi connectivity index (χ0) is 9.14. The molecule has 0 aliphatic rings. The first kappa shape index (κ1) is 9.22. The van der Waals surface area contributed by atoms with Gasteiger partial charge in [0.1, 0.15) is 0 Å². The fraction of sp³-hybridized carbons (Fsp3) is 0.625. The highest BCUT2D eigenvalue weighted by atomic mass is 16.3. The van der Waals surface area contributed by atoms with E-state index in [1.807, 2.05) is 14.0 Å². The third kappa shape index (κ3) is 1.65. The van der Waals surface area contributed by atoms with E-state index in [0.717, 1.165) is 11.3 Å². The van der Waals surface area contributed by atoms with Crippen molar-refractivity contribution in [1.82, 2.24) is 9.78 Å². The van der Waals surface area contributed by atoms with Crippen molar-refractivity contribution in [1.29, 1.82) is 0 Å². The van der Waals surface area contributed by atoms with Crippen molar-refractivity contribution >= 4 is 0 Å². The number of aliphatic hydroxyl groups is 2. The van der Waals surface area contributed by atoms with Crippen LogP contribution >= 0.6 is 0 Å². The third-order valence-electron chi connectivity index (χ3n) is 2.03. The number of rotatable bonds is 3. The highest BCUT2D eigenvalue weighted by Gasteiger charge is 2.12. The molecule has 0 amide bonds. The van der Waals surface area contributed by atoms with Crippen LogP contribution in [-0.4, -0.2) is 26.6 Å². The van der Waals surface area contributed by atoms with Gasteiger partial charge in [-0.25, -0.2) is 0 Å². The van der Waals surface area contributed by atoms with Crippen LogP contribution in [0.3, 0.4) is 0 Å². The molecular weight excluding hydrogens is 156 g/mol. The van der Waals surface area contributed by atoms with Gasteiger partial charge in [-0.3, -0.25) is 4.68 Å². The predicted octanol–water partition coefficient (Wildman–Crippen LogP) is 0.144. The van der Waals surface area contributed by atoms with Crippen molar-refractivity contribution in [2.24, 2.45) is 7.05 Å². The first-order chi connectivity index (χ1) is 5.66. The van der Waals surface area contributed by atoms with Crippen LogP contribution < -0.4 is 0 Å². The summed E-state index contributed by atoms with van der Waals surface area (Å²) in [6, 6.07) is 0. The van der Waals surface area contributed by atoms with Gasteiger partial charge in [-0.15, -0.1) is 0 Å². The standard InChI is InChI=1S/C8H14N2O2/c1-6-7(5-9-10(6)2)8(12)3-4-11/h5,8,11-12H,3-4H2,1-2H3. The monoisotopic (exact) mass is 170 g/mol. The van der Waals surface area contributed by atoms with Gasteiger partial charge in [0.25, 0.3) is 0 Å². The molecule has 4 heteroatoms. The number of aliphatic hydroxyl groups excluding tert-OH is 2. The lowest BCUT2D eigenvalue weighted by Gasteiger charge is -2.07. The van der Waals surface area contributed by atoms with Crippen molar-refractivity contribution in [3.05, 3.63) is 17.5 Å². The minimum atomic E-state index is -0.594. The van der Waals surface area contributed by atoms with E-state index in [1.165, 1.54) is 0 Å². The number of aryl methyl sites for hydroxylation is 1. The van der Waals surface area contributed by atoms with Crippen molar-refractivity contribution in [2.45, 2.75) is 19.4 Å². The van der Waals surface area contributed by atoms with Crippen LogP contribution in [0, 0.1) is 6.92 Å². The average Bonchev–Trinajstić information content (AvgIpc) is 2.34. The first-order valence-corrected chi connectivity index (χ1v) is 3.94. The molecule has 0 saturated carbocycles. The average molecular weight is 170 g/mol. The van der Waals surface area contributed by atoms with Gasteiger partial charge in [0, 0.05) is 31.3 Å². The van der Waals surface area contributed by atoms with Crippen molar-refractivity contribution < 1.29 is 10.2 Å². The quantitative estimate of drug-likeness (QED) is 0.678. The normalized spacial score (nSPS) is 13.3. The van der Waals surface area contributed by atoms with Crippen LogP contribution in [0.15, 0.2) is 6.20 Å². The molecule has 68 valence electrons. The third-order valence-corrected chi connectivity index (χ3v) is 2.03. The minimum absolute atomic E-state index is 0.00446. The van der Waals surface area contributed by atoms with E-state index in [4.69, 9.17) is 5.11 Å². The molecule has 12 heavy (non-hydrogen) atoms. The molecule has 1 unspecified atom stereocenters. The summed E-state index contributed by atoms with van der Waals surface area (Å²) in [6.07, 6.45) is 1.41. The van der Waals surface area contributed by atoms with E-state index in [-0.39, 0.29) is 6.61 Å². The molecule has 1 aromatic heterocycles. The topological polar surface area (TPSA) is 58.3 Å². The summed E-state index contributed by atoms with van der Waals surface area (Å²) in [5.41, 5.74) is 1.74. The van der Waals surface area contributed by atoms with Gasteiger partial charge in [-0.05, 0) is 6.92 Å². The van der Waals surface area contributed by atoms with Gasteiger partial charge in [0.2, 0.25) is 0 Å². The van der Waals surface area contributed by atoms with Crippen LogP contribution in [0.1, 0.15) is 23.8 Å². The Morgan fingerprint density at radius 1 is 1.67 bits per heavy atom. The minimum Gasteiger partial charge on any atom is -0.396 e.